The van der Waals surface area contributed by atoms with E-state index in [1.165, 1.54) is 12.5 Å². The first-order chi connectivity index (χ1) is 8.69. The van der Waals surface area contributed by atoms with Crippen LogP contribution in [0, 0.1) is 0 Å². The van der Waals surface area contributed by atoms with E-state index in [0.717, 1.165) is 24.0 Å². The third kappa shape index (κ3) is 2.98. The molecule has 0 fully saturated rings. The molecule has 2 rings (SSSR count). The van der Waals surface area contributed by atoms with Crippen molar-refractivity contribution in [2.24, 2.45) is 0 Å². The minimum absolute atomic E-state index is 0.291. The predicted octanol–water partition coefficient (Wildman–Crippen LogP) is 3.68. The van der Waals surface area contributed by atoms with Gasteiger partial charge in [-0.25, -0.2) is 0 Å². The monoisotopic (exact) mass is 240 g/mol. The summed E-state index contributed by atoms with van der Waals surface area (Å²) in [4.78, 5) is 11.1. The Morgan fingerprint density at radius 2 is 2.33 bits per heavy atom. The average Bonchev–Trinajstić information content (AvgIpc) is 2.83. The molecule has 0 saturated carbocycles. The summed E-state index contributed by atoms with van der Waals surface area (Å²) >= 11 is 0. The molecule has 1 aromatic rings. The van der Waals surface area contributed by atoms with Crippen molar-refractivity contribution < 1.29 is 9.53 Å². The summed E-state index contributed by atoms with van der Waals surface area (Å²) in [5.41, 5.74) is 3.38. The molecule has 2 nitrogen and oxygen atoms in total. The zero-order valence-electron chi connectivity index (χ0n) is 10.5. The molecule has 0 atom stereocenters. The van der Waals surface area contributed by atoms with Gasteiger partial charge in [-0.1, -0.05) is 42.5 Å². The van der Waals surface area contributed by atoms with Crippen LogP contribution >= 0.6 is 0 Å². The maximum atomic E-state index is 11.1. The normalized spacial score (nSPS) is 13.3. The zero-order valence-corrected chi connectivity index (χ0v) is 10.5. The molecular formula is C16H16O2. The highest BCUT2D eigenvalue weighted by Crippen LogP contribution is 2.26. The molecule has 0 spiro atoms. The fourth-order valence-corrected chi connectivity index (χ4v) is 1.99. The fourth-order valence-electron chi connectivity index (χ4n) is 1.99. The Hall–Kier alpha value is -2.09. The number of benzene rings is 1. The Labute approximate surface area is 107 Å². The zero-order chi connectivity index (χ0) is 13.0. The highest BCUT2D eigenvalue weighted by Gasteiger charge is 2.09. The molecule has 0 amide bonds. The summed E-state index contributed by atoms with van der Waals surface area (Å²) in [6, 6.07) is 5.75. The summed E-state index contributed by atoms with van der Waals surface area (Å²) < 4.78 is 5.23. The topological polar surface area (TPSA) is 26.3 Å². The third-order valence-electron chi connectivity index (χ3n) is 2.84. The van der Waals surface area contributed by atoms with Gasteiger partial charge in [0, 0.05) is 6.92 Å². The van der Waals surface area contributed by atoms with Crippen LogP contribution in [0.4, 0.5) is 0 Å². The van der Waals surface area contributed by atoms with Crippen LogP contribution < -0.4 is 4.74 Å². The molecule has 1 aliphatic rings. The van der Waals surface area contributed by atoms with E-state index in [4.69, 9.17) is 4.74 Å². The van der Waals surface area contributed by atoms with Crippen molar-refractivity contribution in [1.82, 2.24) is 0 Å². The fraction of sp³-hybridized carbons (Fsp3) is 0.188. The van der Waals surface area contributed by atoms with E-state index < -0.39 is 0 Å². The van der Waals surface area contributed by atoms with Gasteiger partial charge < -0.3 is 4.74 Å². The number of rotatable bonds is 4. The molecule has 0 saturated heterocycles. The molecule has 92 valence electrons. The van der Waals surface area contributed by atoms with Gasteiger partial charge in [0.25, 0.3) is 0 Å². The lowest BCUT2D eigenvalue weighted by Gasteiger charge is -2.10. The Bertz CT molecular complexity index is 536. The van der Waals surface area contributed by atoms with Crippen molar-refractivity contribution in [1.29, 1.82) is 0 Å². The van der Waals surface area contributed by atoms with Crippen LogP contribution in [0.3, 0.4) is 0 Å². The van der Waals surface area contributed by atoms with E-state index in [1.807, 2.05) is 18.2 Å². The molecular weight excluding hydrogens is 224 g/mol. The number of esters is 1. The highest BCUT2D eigenvalue weighted by atomic mass is 16.5. The van der Waals surface area contributed by atoms with Crippen LogP contribution in [0.2, 0.25) is 0 Å². The maximum absolute atomic E-state index is 11.1. The van der Waals surface area contributed by atoms with Gasteiger partial charge in [-0.05, 0) is 36.1 Å². The van der Waals surface area contributed by atoms with Crippen LogP contribution in [0.25, 0.3) is 6.08 Å². The van der Waals surface area contributed by atoms with E-state index in [0.29, 0.717) is 5.75 Å². The summed E-state index contributed by atoms with van der Waals surface area (Å²) in [5.74, 6) is 0.349. The van der Waals surface area contributed by atoms with Crippen molar-refractivity contribution >= 4 is 12.0 Å². The number of carbonyl (C=O) groups excluding carboxylic acids is 1. The molecule has 0 heterocycles. The molecule has 1 aliphatic carbocycles. The molecule has 0 aromatic heterocycles. The van der Waals surface area contributed by atoms with Gasteiger partial charge in [-0.15, -0.1) is 0 Å². The molecule has 0 aliphatic heterocycles. The molecule has 0 unspecified atom stereocenters. The SMILES string of the molecule is C=Cc1ccc(OC(C)=O)c(CC2=CC=CC2)c1. The number of allylic oxidation sites excluding steroid dienone is 4. The Kier molecular flexibility index (Phi) is 3.78. The summed E-state index contributed by atoms with van der Waals surface area (Å²) in [6.45, 7) is 5.18. The highest BCUT2D eigenvalue weighted by molar-refractivity contribution is 5.70. The van der Waals surface area contributed by atoms with E-state index in [-0.39, 0.29) is 5.97 Å². The predicted molar refractivity (Wildman–Crippen MR) is 73.4 cm³/mol. The van der Waals surface area contributed by atoms with Crippen molar-refractivity contribution in [3.8, 4) is 5.75 Å². The van der Waals surface area contributed by atoms with Crippen molar-refractivity contribution in [3.05, 3.63) is 59.7 Å². The molecule has 0 radical (unpaired) electrons. The maximum Gasteiger partial charge on any atom is 0.308 e. The van der Waals surface area contributed by atoms with E-state index >= 15 is 0 Å². The van der Waals surface area contributed by atoms with Crippen molar-refractivity contribution in [2.75, 3.05) is 0 Å². The average molecular weight is 240 g/mol. The largest absolute Gasteiger partial charge is 0.426 e. The molecule has 18 heavy (non-hydrogen) atoms. The minimum Gasteiger partial charge on any atom is -0.426 e. The van der Waals surface area contributed by atoms with Gasteiger partial charge in [0.1, 0.15) is 5.75 Å². The second-order valence-electron chi connectivity index (χ2n) is 4.30. The Morgan fingerprint density at radius 3 is 2.94 bits per heavy atom. The van der Waals surface area contributed by atoms with E-state index in [1.54, 1.807) is 6.08 Å². The van der Waals surface area contributed by atoms with Crippen LogP contribution in [-0.2, 0) is 11.2 Å². The summed E-state index contributed by atoms with van der Waals surface area (Å²) in [7, 11) is 0. The molecule has 0 N–H and O–H groups in total. The van der Waals surface area contributed by atoms with Crippen molar-refractivity contribution in [2.45, 2.75) is 19.8 Å². The lowest BCUT2D eigenvalue weighted by atomic mass is 10.0. The van der Waals surface area contributed by atoms with Crippen molar-refractivity contribution in [3.63, 3.8) is 0 Å². The second-order valence-corrected chi connectivity index (χ2v) is 4.30. The second kappa shape index (κ2) is 5.50. The van der Waals surface area contributed by atoms with Crippen LogP contribution in [-0.4, -0.2) is 5.97 Å². The first-order valence-electron chi connectivity index (χ1n) is 5.97. The molecule has 1 aromatic carbocycles. The first-order valence-corrected chi connectivity index (χ1v) is 5.97. The van der Waals surface area contributed by atoms with E-state index in [9.17, 15) is 4.79 Å². The van der Waals surface area contributed by atoms with Crippen LogP contribution in [0.15, 0.2) is 48.6 Å². The van der Waals surface area contributed by atoms with Gasteiger partial charge in [0.2, 0.25) is 0 Å². The van der Waals surface area contributed by atoms with Gasteiger partial charge in [0.05, 0.1) is 0 Å². The van der Waals surface area contributed by atoms with Crippen LogP contribution in [0.5, 0.6) is 5.75 Å². The standard InChI is InChI=1S/C16H16O2/c1-3-13-8-9-16(18-12(2)17)15(10-13)11-14-6-4-5-7-14/h3-6,8-10H,1,7,11H2,2H3. The Morgan fingerprint density at radius 1 is 1.50 bits per heavy atom. The summed E-state index contributed by atoms with van der Waals surface area (Å²) in [6.07, 6.45) is 9.85. The lowest BCUT2D eigenvalue weighted by molar-refractivity contribution is -0.131. The van der Waals surface area contributed by atoms with Gasteiger partial charge in [-0.3, -0.25) is 4.79 Å². The summed E-state index contributed by atoms with van der Waals surface area (Å²) in [5, 5.41) is 0. The van der Waals surface area contributed by atoms with Gasteiger partial charge in [-0.2, -0.15) is 0 Å². The minimum atomic E-state index is -0.291. The van der Waals surface area contributed by atoms with Gasteiger partial charge >= 0.3 is 5.97 Å². The molecule has 2 heteroatoms. The first kappa shape index (κ1) is 12.4. The number of carbonyl (C=O) groups is 1. The lowest BCUT2D eigenvalue weighted by Crippen LogP contribution is -2.04. The molecule has 0 bridgehead atoms. The number of ether oxygens (including phenoxy) is 1. The smallest absolute Gasteiger partial charge is 0.308 e. The van der Waals surface area contributed by atoms with Crippen LogP contribution in [0.1, 0.15) is 24.5 Å². The number of hydrogen-bond acceptors (Lipinski definition) is 2. The van der Waals surface area contributed by atoms with E-state index in [2.05, 4.69) is 24.8 Å². The quantitative estimate of drug-likeness (QED) is 0.592. The third-order valence-corrected chi connectivity index (χ3v) is 2.84. The van der Waals surface area contributed by atoms with Gasteiger partial charge in [0.15, 0.2) is 0 Å². The number of hydrogen-bond donors (Lipinski definition) is 0. The Balaban J connectivity index is 2.27.